The van der Waals surface area contributed by atoms with Gasteiger partial charge in [-0.05, 0) is 44.3 Å². The van der Waals surface area contributed by atoms with Gasteiger partial charge in [0.15, 0.2) is 0 Å². The van der Waals surface area contributed by atoms with Crippen LogP contribution in [0.15, 0.2) is 30.3 Å². The van der Waals surface area contributed by atoms with E-state index >= 15 is 0 Å². The van der Waals surface area contributed by atoms with Crippen LogP contribution in [0.4, 0.5) is 8.78 Å². The lowest BCUT2D eigenvalue weighted by Gasteiger charge is -2.35. The number of hydrogen-bond donors (Lipinski definition) is 0. The average molecular weight is 294 g/mol. The molecule has 2 saturated heterocycles. The molecule has 2 aliphatic rings. The Morgan fingerprint density at radius 1 is 0.952 bits per heavy atom. The normalized spacial score (nSPS) is 27.8. The van der Waals surface area contributed by atoms with Crippen molar-refractivity contribution in [2.24, 2.45) is 0 Å². The first-order valence-corrected chi connectivity index (χ1v) is 8.04. The van der Waals surface area contributed by atoms with Crippen LogP contribution in [0.5, 0.6) is 0 Å². The van der Waals surface area contributed by atoms with Gasteiger partial charge in [-0.3, -0.25) is 9.80 Å². The Hall–Kier alpha value is -1.00. The third-order valence-corrected chi connectivity index (χ3v) is 4.87. The van der Waals surface area contributed by atoms with E-state index in [1.165, 1.54) is 12.0 Å². The number of likely N-dealkylation sites (tertiary alicyclic amines) is 2. The number of alkyl halides is 2. The summed E-state index contributed by atoms with van der Waals surface area (Å²) in [5, 5.41) is 0. The molecule has 1 aromatic rings. The fourth-order valence-electron chi connectivity index (χ4n) is 3.99. The summed E-state index contributed by atoms with van der Waals surface area (Å²) in [5.41, 5.74) is 1.32. The van der Waals surface area contributed by atoms with E-state index in [9.17, 15) is 8.78 Å². The maximum atomic E-state index is 12.7. The summed E-state index contributed by atoms with van der Waals surface area (Å²) >= 11 is 0. The van der Waals surface area contributed by atoms with Crippen LogP contribution in [0, 0.1) is 0 Å². The maximum absolute atomic E-state index is 12.7. The molecule has 1 aromatic carbocycles. The van der Waals surface area contributed by atoms with Crippen LogP contribution in [0.25, 0.3) is 0 Å². The molecule has 2 unspecified atom stereocenters. The molecule has 2 atom stereocenters. The van der Waals surface area contributed by atoms with E-state index in [0.717, 1.165) is 38.9 Å². The largest absolute Gasteiger partial charge is 0.295 e. The molecule has 0 aromatic heterocycles. The SMILES string of the molecule is FC(F)CN1CCCC1C1CCCN1Cc1ccccc1. The van der Waals surface area contributed by atoms with Gasteiger partial charge in [0, 0.05) is 18.6 Å². The van der Waals surface area contributed by atoms with Crippen LogP contribution in [0.3, 0.4) is 0 Å². The van der Waals surface area contributed by atoms with Crippen molar-refractivity contribution in [2.45, 2.75) is 50.7 Å². The highest BCUT2D eigenvalue weighted by molar-refractivity contribution is 5.15. The van der Waals surface area contributed by atoms with Crippen LogP contribution in [-0.4, -0.2) is 47.9 Å². The van der Waals surface area contributed by atoms with Crippen molar-refractivity contribution in [2.75, 3.05) is 19.6 Å². The summed E-state index contributed by atoms with van der Waals surface area (Å²) < 4.78 is 25.5. The summed E-state index contributed by atoms with van der Waals surface area (Å²) in [4.78, 5) is 4.53. The molecule has 2 aliphatic heterocycles. The number of halogens is 2. The fraction of sp³-hybridized carbons (Fsp3) is 0.647. The van der Waals surface area contributed by atoms with Gasteiger partial charge in [0.2, 0.25) is 0 Å². The second-order valence-electron chi connectivity index (χ2n) is 6.26. The highest BCUT2D eigenvalue weighted by Gasteiger charge is 2.38. The van der Waals surface area contributed by atoms with E-state index in [-0.39, 0.29) is 6.54 Å². The minimum absolute atomic E-state index is 0.0552. The van der Waals surface area contributed by atoms with Gasteiger partial charge in [-0.25, -0.2) is 8.78 Å². The van der Waals surface area contributed by atoms with Crippen molar-refractivity contribution in [3.05, 3.63) is 35.9 Å². The second-order valence-corrected chi connectivity index (χ2v) is 6.26. The van der Waals surface area contributed by atoms with Crippen molar-refractivity contribution in [3.8, 4) is 0 Å². The summed E-state index contributed by atoms with van der Waals surface area (Å²) in [7, 11) is 0. The lowest BCUT2D eigenvalue weighted by atomic mass is 10.0. The standard InChI is InChI=1S/C17H24F2N2/c18-17(19)13-21-11-5-9-16(21)15-8-4-10-20(15)12-14-6-2-1-3-7-14/h1-3,6-7,15-17H,4-5,8-13H2. The van der Waals surface area contributed by atoms with Crippen molar-refractivity contribution < 1.29 is 8.78 Å². The van der Waals surface area contributed by atoms with Gasteiger partial charge in [-0.2, -0.15) is 0 Å². The number of rotatable bonds is 5. The van der Waals surface area contributed by atoms with Gasteiger partial charge in [-0.1, -0.05) is 30.3 Å². The summed E-state index contributed by atoms with van der Waals surface area (Å²) in [5.74, 6) is 0. The Morgan fingerprint density at radius 3 is 2.24 bits per heavy atom. The van der Waals surface area contributed by atoms with E-state index in [1.54, 1.807) is 0 Å². The summed E-state index contributed by atoms with van der Waals surface area (Å²) in [6.45, 7) is 2.83. The third-order valence-electron chi connectivity index (χ3n) is 4.87. The zero-order valence-corrected chi connectivity index (χ0v) is 12.4. The van der Waals surface area contributed by atoms with Gasteiger partial charge in [0.25, 0.3) is 6.43 Å². The first-order chi connectivity index (χ1) is 10.2. The molecule has 0 aliphatic carbocycles. The Morgan fingerprint density at radius 2 is 1.57 bits per heavy atom. The predicted molar refractivity (Wildman–Crippen MR) is 80.5 cm³/mol. The molecule has 3 rings (SSSR count). The molecule has 0 amide bonds. The minimum atomic E-state index is -2.21. The van der Waals surface area contributed by atoms with Crippen molar-refractivity contribution in [1.29, 1.82) is 0 Å². The number of benzene rings is 1. The van der Waals surface area contributed by atoms with Gasteiger partial charge in [0.1, 0.15) is 0 Å². The highest BCUT2D eigenvalue weighted by atomic mass is 19.3. The molecule has 0 bridgehead atoms. The van der Waals surface area contributed by atoms with Crippen LogP contribution < -0.4 is 0 Å². The molecular formula is C17H24F2N2. The van der Waals surface area contributed by atoms with Crippen LogP contribution in [-0.2, 0) is 6.54 Å². The summed E-state index contributed by atoms with van der Waals surface area (Å²) in [6, 6.07) is 11.3. The molecular weight excluding hydrogens is 270 g/mol. The molecule has 2 heterocycles. The first-order valence-electron chi connectivity index (χ1n) is 8.04. The zero-order chi connectivity index (χ0) is 14.7. The van der Waals surface area contributed by atoms with Crippen LogP contribution in [0.1, 0.15) is 31.2 Å². The van der Waals surface area contributed by atoms with E-state index in [4.69, 9.17) is 0 Å². The zero-order valence-electron chi connectivity index (χ0n) is 12.4. The van der Waals surface area contributed by atoms with E-state index in [0.29, 0.717) is 12.1 Å². The molecule has 0 radical (unpaired) electrons. The predicted octanol–water partition coefficient (Wildman–Crippen LogP) is 3.38. The van der Waals surface area contributed by atoms with Crippen LogP contribution in [0.2, 0.25) is 0 Å². The monoisotopic (exact) mass is 294 g/mol. The molecule has 21 heavy (non-hydrogen) atoms. The highest BCUT2D eigenvalue weighted by Crippen LogP contribution is 2.31. The Balaban J connectivity index is 1.66. The maximum Gasteiger partial charge on any atom is 0.251 e. The average Bonchev–Trinajstić information content (AvgIpc) is 3.08. The van der Waals surface area contributed by atoms with E-state index in [1.807, 2.05) is 11.0 Å². The lowest BCUT2D eigenvalue weighted by molar-refractivity contribution is 0.0567. The molecule has 0 spiro atoms. The lowest BCUT2D eigenvalue weighted by Crippen LogP contribution is -2.47. The second kappa shape index (κ2) is 6.84. The van der Waals surface area contributed by atoms with Gasteiger partial charge in [0.05, 0.1) is 6.54 Å². The molecule has 116 valence electrons. The van der Waals surface area contributed by atoms with Gasteiger partial charge >= 0.3 is 0 Å². The smallest absolute Gasteiger partial charge is 0.251 e. The molecule has 0 N–H and O–H groups in total. The first kappa shape index (κ1) is 14.9. The minimum Gasteiger partial charge on any atom is -0.295 e. The molecule has 2 nitrogen and oxygen atoms in total. The number of nitrogens with zero attached hydrogens (tertiary/aromatic N) is 2. The van der Waals surface area contributed by atoms with Gasteiger partial charge in [-0.15, -0.1) is 0 Å². The number of hydrogen-bond acceptors (Lipinski definition) is 2. The summed E-state index contributed by atoms with van der Waals surface area (Å²) in [6.07, 6.45) is 2.26. The Labute approximate surface area is 125 Å². The van der Waals surface area contributed by atoms with Crippen molar-refractivity contribution in [3.63, 3.8) is 0 Å². The Bertz CT molecular complexity index is 438. The topological polar surface area (TPSA) is 6.48 Å². The third kappa shape index (κ3) is 3.61. The van der Waals surface area contributed by atoms with E-state index < -0.39 is 6.43 Å². The molecule has 0 saturated carbocycles. The van der Waals surface area contributed by atoms with Crippen LogP contribution >= 0.6 is 0 Å². The molecule has 4 heteroatoms. The quantitative estimate of drug-likeness (QED) is 0.821. The Kier molecular flexibility index (Phi) is 4.86. The fourth-order valence-corrected chi connectivity index (χ4v) is 3.99. The van der Waals surface area contributed by atoms with Crippen molar-refractivity contribution in [1.82, 2.24) is 9.80 Å². The van der Waals surface area contributed by atoms with Gasteiger partial charge < -0.3 is 0 Å². The van der Waals surface area contributed by atoms with E-state index in [2.05, 4.69) is 29.2 Å². The van der Waals surface area contributed by atoms with Crippen molar-refractivity contribution >= 4 is 0 Å². The molecule has 2 fully saturated rings.